The summed E-state index contributed by atoms with van der Waals surface area (Å²) < 4.78 is 47.2. The first-order chi connectivity index (χ1) is 16.2. The van der Waals surface area contributed by atoms with Gasteiger partial charge in [-0.3, -0.25) is 14.3 Å². The second kappa shape index (κ2) is 11.3. The van der Waals surface area contributed by atoms with E-state index in [9.17, 15) is 18.0 Å². The van der Waals surface area contributed by atoms with Crippen molar-refractivity contribution < 1.29 is 32.2 Å². The van der Waals surface area contributed by atoms with Gasteiger partial charge in [0, 0.05) is 40.5 Å². The molecule has 0 aromatic heterocycles. The molecule has 34 heavy (non-hydrogen) atoms. The lowest BCUT2D eigenvalue weighted by atomic mass is 9.92. The van der Waals surface area contributed by atoms with Crippen molar-refractivity contribution >= 4 is 49.0 Å². The van der Waals surface area contributed by atoms with Crippen molar-refractivity contribution in [1.29, 1.82) is 0 Å². The number of amides is 2. The highest BCUT2D eigenvalue weighted by molar-refractivity contribution is 9.10. The highest BCUT2D eigenvalue weighted by Crippen LogP contribution is 2.40. The molecule has 13 heteroatoms. The molecule has 1 atom stereocenters. The number of benzene rings is 2. The summed E-state index contributed by atoms with van der Waals surface area (Å²) in [6.07, 6.45) is 0.552. The zero-order valence-corrected chi connectivity index (χ0v) is 21.9. The van der Waals surface area contributed by atoms with Gasteiger partial charge < -0.3 is 19.5 Å². The van der Waals surface area contributed by atoms with Gasteiger partial charge in [0.1, 0.15) is 22.1 Å². The van der Waals surface area contributed by atoms with Crippen LogP contribution in [0.1, 0.15) is 28.3 Å². The number of carbonyl (C=O) groups is 2. The fraction of sp³-hybridized carbons (Fsp3) is 0.333. The van der Waals surface area contributed by atoms with Crippen LogP contribution in [-0.4, -0.2) is 54.0 Å². The third kappa shape index (κ3) is 5.95. The van der Waals surface area contributed by atoms with Crippen molar-refractivity contribution in [2.24, 2.45) is 0 Å². The first kappa shape index (κ1) is 26.1. The van der Waals surface area contributed by atoms with E-state index in [-0.39, 0.29) is 29.0 Å². The summed E-state index contributed by atoms with van der Waals surface area (Å²) >= 11 is 3.96. The average molecular weight is 574 g/mol. The van der Waals surface area contributed by atoms with Crippen LogP contribution in [0.5, 0.6) is 17.2 Å². The van der Waals surface area contributed by atoms with Crippen molar-refractivity contribution in [1.82, 2.24) is 14.8 Å². The van der Waals surface area contributed by atoms with E-state index in [0.29, 0.717) is 47.6 Å². The number of hydrogen-bond donors (Lipinski definition) is 3. The summed E-state index contributed by atoms with van der Waals surface area (Å²) in [5.74, 6) is 0.368. The minimum atomic E-state index is -4.22. The molecule has 0 saturated carbocycles. The maximum Gasteiger partial charge on any atom is 0.307 e. The fourth-order valence-corrected chi connectivity index (χ4v) is 5.56. The van der Waals surface area contributed by atoms with Crippen LogP contribution in [0.4, 0.5) is 4.79 Å². The third-order valence-electron chi connectivity index (χ3n) is 5.08. The number of carbonyl (C=O) groups excluding carboxylic acids is 2. The van der Waals surface area contributed by atoms with Crippen LogP contribution in [0.3, 0.4) is 0 Å². The molecule has 1 aliphatic heterocycles. The standard InChI is InChI=1S/C21H24BrN3O7S2/c1-23-33-21(27)25-34(28,29)19-9-14-12(6-7-32-17(14)10-18(19)31-3)11-24-20(26)15-8-13(22)4-5-16(15)30-2/h4-5,8-10,12,23H,6-7,11H2,1-3H3,(H,24,26)(H,25,27). The lowest BCUT2D eigenvalue weighted by molar-refractivity contribution is 0.0945. The summed E-state index contributed by atoms with van der Waals surface area (Å²) in [5, 5.41) is 2.10. The molecule has 1 unspecified atom stereocenters. The average Bonchev–Trinajstić information content (AvgIpc) is 2.81. The molecule has 0 fully saturated rings. The summed E-state index contributed by atoms with van der Waals surface area (Å²) in [5.41, 5.74) is 0.953. The lowest BCUT2D eigenvalue weighted by Gasteiger charge is -2.27. The number of halogens is 1. The number of nitrogens with one attached hydrogen (secondary N) is 3. The minimum absolute atomic E-state index is 0.0389. The molecule has 0 radical (unpaired) electrons. The predicted molar refractivity (Wildman–Crippen MR) is 131 cm³/mol. The number of ether oxygens (including phenoxy) is 3. The van der Waals surface area contributed by atoms with Crippen LogP contribution >= 0.6 is 27.9 Å². The number of hydrogen-bond acceptors (Lipinski definition) is 9. The molecule has 1 heterocycles. The Bertz CT molecular complexity index is 1190. The molecule has 10 nitrogen and oxygen atoms in total. The first-order valence-electron chi connectivity index (χ1n) is 10.1. The van der Waals surface area contributed by atoms with Crippen LogP contribution in [0, 0.1) is 0 Å². The van der Waals surface area contributed by atoms with E-state index in [4.69, 9.17) is 14.2 Å². The first-order valence-corrected chi connectivity index (χ1v) is 13.2. The molecule has 2 aromatic carbocycles. The molecule has 0 aliphatic carbocycles. The van der Waals surface area contributed by atoms with Gasteiger partial charge in [-0.1, -0.05) is 15.9 Å². The van der Waals surface area contributed by atoms with E-state index in [0.717, 1.165) is 4.47 Å². The Labute approximate surface area is 210 Å². The number of sulfonamides is 1. The van der Waals surface area contributed by atoms with E-state index < -0.39 is 15.3 Å². The summed E-state index contributed by atoms with van der Waals surface area (Å²) in [7, 11) is 0.0912. The van der Waals surface area contributed by atoms with Crippen LogP contribution in [0.15, 0.2) is 39.7 Å². The maximum absolute atomic E-state index is 12.9. The Morgan fingerprint density at radius 3 is 2.59 bits per heavy atom. The van der Waals surface area contributed by atoms with Gasteiger partial charge in [-0.25, -0.2) is 13.1 Å². The van der Waals surface area contributed by atoms with Gasteiger partial charge in [-0.05, 0) is 37.7 Å². The summed E-state index contributed by atoms with van der Waals surface area (Å²) in [6, 6.07) is 8.02. The van der Waals surface area contributed by atoms with Crippen molar-refractivity contribution in [3.05, 3.63) is 45.9 Å². The van der Waals surface area contributed by atoms with E-state index in [1.54, 1.807) is 18.2 Å². The Morgan fingerprint density at radius 1 is 1.18 bits per heavy atom. The predicted octanol–water partition coefficient (Wildman–Crippen LogP) is 3.03. The molecule has 0 bridgehead atoms. The van der Waals surface area contributed by atoms with Gasteiger partial charge in [-0.15, -0.1) is 0 Å². The van der Waals surface area contributed by atoms with Crippen LogP contribution in [0.25, 0.3) is 0 Å². The van der Waals surface area contributed by atoms with Gasteiger partial charge in [0.25, 0.3) is 15.9 Å². The van der Waals surface area contributed by atoms with Crippen molar-refractivity contribution in [2.75, 3.05) is 34.4 Å². The van der Waals surface area contributed by atoms with Gasteiger partial charge in [0.2, 0.25) is 0 Å². The normalized spacial score (nSPS) is 15.0. The molecule has 184 valence electrons. The fourth-order valence-electron chi connectivity index (χ4n) is 3.50. The largest absolute Gasteiger partial charge is 0.496 e. The zero-order chi connectivity index (χ0) is 24.9. The monoisotopic (exact) mass is 573 g/mol. The minimum Gasteiger partial charge on any atom is -0.496 e. The van der Waals surface area contributed by atoms with Crippen LogP contribution in [-0.2, 0) is 10.0 Å². The number of fused-ring (bicyclic) bond motifs is 1. The Balaban J connectivity index is 1.88. The Morgan fingerprint density at radius 2 is 1.91 bits per heavy atom. The molecule has 2 aromatic rings. The van der Waals surface area contributed by atoms with E-state index >= 15 is 0 Å². The van der Waals surface area contributed by atoms with Crippen molar-refractivity contribution in [2.45, 2.75) is 17.2 Å². The molecule has 0 spiro atoms. The molecular weight excluding hydrogens is 550 g/mol. The lowest BCUT2D eigenvalue weighted by Crippen LogP contribution is -2.32. The molecule has 1 aliphatic rings. The van der Waals surface area contributed by atoms with Gasteiger partial charge >= 0.3 is 5.24 Å². The SMILES string of the molecule is CNSC(=O)NS(=O)(=O)c1cc2c(cc1OC)OCCC2CNC(=O)c1cc(Br)ccc1OC. The Kier molecular flexibility index (Phi) is 8.68. The smallest absolute Gasteiger partial charge is 0.307 e. The molecular formula is C21H24BrN3O7S2. The third-order valence-corrected chi connectivity index (χ3v) is 7.54. The number of rotatable bonds is 8. The quantitative estimate of drug-likeness (QED) is 0.407. The second-order valence-corrected chi connectivity index (χ2v) is 10.7. The van der Waals surface area contributed by atoms with Crippen molar-refractivity contribution in [3.8, 4) is 17.2 Å². The molecule has 2 amide bonds. The van der Waals surface area contributed by atoms with E-state index in [1.165, 1.54) is 33.4 Å². The Hall–Kier alpha value is -2.48. The highest BCUT2D eigenvalue weighted by atomic mass is 79.9. The zero-order valence-electron chi connectivity index (χ0n) is 18.6. The van der Waals surface area contributed by atoms with E-state index in [1.807, 2.05) is 4.72 Å². The van der Waals surface area contributed by atoms with E-state index in [2.05, 4.69) is 26.0 Å². The van der Waals surface area contributed by atoms with Crippen LogP contribution < -0.4 is 29.0 Å². The van der Waals surface area contributed by atoms with Crippen LogP contribution in [0.2, 0.25) is 0 Å². The topological polar surface area (TPSA) is 132 Å². The second-order valence-electron chi connectivity index (χ2n) is 7.13. The summed E-state index contributed by atoms with van der Waals surface area (Å²) in [6.45, 7) is 0.622. The van der Waals surface area contributed by atoms with Gasteiger partial charge in [0.15, 0.2) is 0 Å². The molecule has 0 saturated heterocycles. The van der Waals surface area contributed by atoms with Gasteiger partial charge in [0.05, 0.1) is 26.4 Å². The van der Waals surface area contributed by atoms with Crippen molar-refractivity contribution in [3.63, 3.8) is 0 Å². The summed E-state index contributed by atoms with van der Waals surface area (Å²) in [4.78, 5) is 24.5. The maximum atomic E-state index is 12.9. The molecule has 3 N–H and O–H groups in total. The van der Waals surface area contributed by atoms with Gasteiger partial charge in [-0.2, -0.15) is 0 Å². The highest BCUT2D eigenvalue weighted by Gasteiger charge is 2.30. The number of methoxy groups -OCH3 is 2. The molecule has 3 rings (SSSR count).